The number of ether oxygens (including phenoxy) is 2. The minimum absolute atomic E-state index is 0.124. The van der Waals surface area contributed by atoms with Crippen LogP contribution in [0.15, 0.2) is 0 Å². The van der Waals surface area contributed by atoms with Gasteiger partial charge in [0.25, 0.3) is 0 Å². The lowest BCUT2D eigenvalue weighted by Crippen LogP contribution is -2.29. The monoisotopic (exact) mass is 400 g/mol. The normalized spacial score (nSPS) is 15.7. The second-order valence-corrected chi connectivity index (χ2v) is 6.96. The maximum atomic E-state index is 11.8. The standard InChI is InChI=1S/C15H29O10P/c1-3-5-6-7-15(19)25-13(10-22-14(18)4-2)11-24-26(20,21)23-9-12(17)8-16/h12-13,16-17H,3-11H2,1-2H3,(H,20,21). The number of rotatable bonds is 15. The summed E-state index contributed by atoms with van der Waals surface area (Å²) in [4.78, 5) is 32.5. The lowest BCUT2D eigenvalue weighted by atomic mass is 10.2. The predicted octanol–water partition coefficient (Wildman–Crippen LogP) is 0.918. The molecule has 0 amide bonds. The van der Waals surface area contributed by atoms with Crippen LogP contribution in [0.3, 0.4) is 0 Å². The molecule has 0 aromatic carbocycles. The zero-order chi connectivity index (χ0) is 20.0. The van der Waals surface area contributed by atoms with Crippen LogP contribution < -0.4 is 0 Å². The van der Waals surface area contributed by atoms with Crippen LogP contribution in [-0.4, -0.2) is 65.7 Å². The maximum Gasteiger partial charge on any atom is 0.472 e. The summed E-state index contributed by atoms with van der Waals surface area (Å²) in [5.41, 5.74) is 0. The molecule has 0 radical (unpaired) electrons. The third-order valence-corrected chi connectivity index (χ3v) is 4.02. The molecule has 154 valence electrons. The van der Waals surface area contributed by atoms with Crippen molar-refractivity contribution < 1.29 is 47.8 Å². The van der Waals surface area contributed by atoms with Gasteiger partial charge in [-0.1, -0.05) is 26.7 Å². The van der Waals surface area contributed by atoms with Gasteiger partial charge in [-0.25, -0.2) is 4.57 Å². The van der Waals surface area contributed by atoms with Crippen molar-refractivity contribution in [3.63, 3.8) is 0 Å². The van der Waals surface area contributed by atoms with Crippen LogP contribution >= 0.6 is 7.82 Å². The van der Waals surface area contributed by atoms with Gasteiger partial charge >= 0.3 is 19.8 Å². The van der Waals surface area contributed by atoms with E-state index in [0.717, 1.165) is 12.8 Å². The highest BCUT2D eigenvalue weighted by molar-refractivity contribution is 7.47. The highest BCUT2D eigenvalue weighted by atomic mass is 31.2. The quantitative estimate of drug-likeness (QED) is 0.206. The Labute approximate surface area is 153 Å². The number of carbonyl (C=O) groups excluding carboxylic acids is 2. The van der Waals surface area contributed by atoms with E-state index in [4.69, 9.17) is 24.2 Å². The molecular formula is C15H29O10P. The van der Waals surface area contributed by atoms with E-state index in [1.54, 1.807) is 6.92 Å². The molecule has 0 spiro atoms. The van der Waals surface area contributed by atoms with E-state index in [-0.39, 0.29) is 19.4 Å². The number of unbranched alkanes of at least 4 members (excludes halogenated alkanes) is 2. The van der Waals surface area contributed by atoms with Crippen LogP contribution in [0.5, 0.6) is 0 Å². The molecule has 10 nitrogen and oxygen atoms in total. The number of phosphoric acid groups is 1. The van der Waals surface area contributed by atoms with Crippen LogP contribution in [0.1, 0.15) is 46.0 Å². The summed E-state index contributed by atoms with van der Waals surface area (Å²) in [7, 11) is -4.54. The molecule has 3 atom stereocenters. The van der Waals surface area contributed by atoms with Gasteiger partial charge < -0.3 is 24.6 Å². The molecule has 11 heteroatoms. The second-order valence-electron chi connectivity index (χ2n) is 5.50. The SMILES string of the molecule is CCCCCC(=O)OC(COC(=O)CC)COP(=O)(O)OCC(O)CO. The molecule has 26 heavy (non-hydrogen) atoms. The number of aliphatic hydroxyl groups is 2. The average Bonchev–Trinajstić information content (AvgIpc) is 2.61. The molecule has 0 aliphatic rings. The third kappa shape index (κ3) is 13.2. The molecule has 3 unspecified atom stereocenters. The van der Waals surface area contributed by atoms with E-state index in [1.807, 2.05) is 6.92 Å². The van der Waals surface area contributed by atoms with E-state index in [2.05, 4.69) is 4.52 Å². The van der Waals surface area contributed by atoms with Gasteiger partial charge in [0, 0.05) is 12.8 Å². The minimum atomic E-state index is -4.54. The van der Waals surface area contributed by atoms with E-state index in [9.17, 15) is 19.0 Å². The molecule has 3 N–H and O–H groups in total. The number of phosphoric ester groups is 1. The number of esters is 2. The first-order chi connectivity index (χ1) is 12.2. The van der Waals surface area contributed by atoms with E-state index in [0.29, 0.717) is 6.42 Å². The van der Waals surface area contributed by atoms with Crippen molar-refractivity contribution in [1.82, 2.24) is 0 Å². The zero-order valence-electron chi connectivity index (χ0n) is 15.2. The number of aliphatic hydroxyl groups excluding tert-OH is 2. The Balaban J connectivity index is 4.55. The molecule has 0 heterocycles. The fourth-order valence-electron chi connectivity index (χ4n) is 1.62. The fourth-order valence-corrected chi connectivity index (χ4v) is 2.41. The predicted molar refractivity (Wildman–Crippen MR) is 90.1 cm³/mol. The van der Waals surface area contributed by atoms with Gasteiger partial charge in [-0.05, 0) is 6.42 Å². The topological polar surface area (TPSA) is 149 Å². The Kier molecular flexibility index (Phi) is 13.5. The molecule has 0 saturated carbocycles. The Morgan fingerprint density at radius 3 is 2.27 bits per heavy atom. The highest BCUT2D eigenvalue weighted by Gasteiger charge is 2.26. The van der Waals surface area contributed by atoms with Crippen LogP contribution in [0.2, 0.25) is 0 Å². The van der Waals surface area contributed by atoms with E-state index < -0.39 is 51.8 Å². The fraction of sp³-hybridized carbons (Fsp3) is 0.867. The van der Waals surface area contributed by atoms with Gasteiger partial charge in [0.1, 0.15) is 12.7 Å². The zero-order valence-corrected chi connectivity index (χ0v) is 16.1. The molecule has 0 bridgehead atoms. The van der Waals surface area contributed by atoms with Gasteiger partial charge in [0.2, 0.25) is 0 Å². The summed E-state index contributed by atoms with van der Waals surface area (Å²) >= 11 is 0. The highest BCUT2D eigenvalue weighted by Crippen LogP contribution is 2.43. The van der Waals surface area contributed by atoms with Crippen molar-refractivity contribution in [2.45, 2.75) is 58.2 Å². The van der Waals surface area contributed by atoms with Gasteiger partial charge in [-0.3, -0.25) is 18.6 Å². The summed E-state index contributed by atoms with van der Waals surface area (Å²) in [5.74, 6) is -1.06. The van der Waals surface area contributed by atoms with Crippen molar-refractivity contribution in [2.75, 3.05) is 26.4 Å². The maximum absolute atomic E-state index is 11.8. The first-order valence-corrected chi connectivity index (χ1v) is 9.99. The lowest BCUT2D eigenvalue weighted by molar-refractivity contribution is -0.161. The Bertz CT molecular complexity index is 456. The Morgan fingerprint density at radius 1 is 1.04 bits per heavy atom. The largest absolute Gasteiger partial charge is 0.472 e. The summed E-state index contributed by atoms with van der Waals surface area (Å²) in [6.45, 7) is 1.44. The summed E-state index contributed by atoms with van der Waals surface area (Å²) < 4.78 is 30.9. The first kappa shape index (κ1) is 25.0. The van der Waals surface area contributed by atoms with Gasteiger partial charge in [0.05, 0.1) is 19.8 Å². The lowest BCUT2D eigenvalue weighted by Gasteiger charge is -2.20. The van der Waals surface area contributed by atoms with E-state index >= 15 is 0 Å². The molecule has 0 aliphatic carbocycles. The summed E-state index contributed by atoms with van der Waals surface area (Å²) in [6.07, 6.45) is 0.300. The number of hydrogen-bond donors (Lipinski definition) is 3. The first-order valence-electron chi connectivity index (χ1n) is 8.49. The van der Waals surface area contributed by atoms with Crippen molar-refractivity contribution in [2.24, 2.45) is 0 Å². The van der Waals surface area contributed by atoms with Crippen LogP contribution in [-0.2, 0) is 32.7 Å². The number of hydrogen-bond acceptors (Lipinski definition) is 9. The second kappa shape index (κ2) is 14.1. The van der Waals surface area contributed by atoms with Crippen molar-refractivity contribution in [3.8, 4) is 0 Å². The molecule has 0 aliphatic heterocycles. The van der Waals surface area contributed by atoms with Crippen molar-refractivity contribution in [3.05, 3.63) is 0 Å². The summed E-state index contributed by atoms with van der Waals surface area (Å²) in [5, 5.41) is 17.7. The number of carbonyl (C=O) groups is 2. The summed E-state index contributed by atoms with van der Waals surface area (Å²) in [6, 6.07) is 0. The van der Waals surface area contributed by atoms with Crippen LogP contribution in [0, 0.1) is 0 Å². The van der Waals surface area contributed by atoms with E-state index in [1.165, 1.54) is 0 Å². The smallest absolute Gasteiger partial charge is 0.462 e. The molecular weight excluding hydrogens is 371 g/mol. The van der Waals surface area contributed by atoms with Crippen molar-refractivity contribution in [1.29, 1.82) is 0 Å². The Hall–Kier alpha value is -1.03. The third-order valence-electron chi connectivity index (χ3n) is 3.07. The molecule has 0 aromatic heterocycles. The van der Waals surface area contributed by atoms with Crippen LogP contribution in [0.25, 0.3) is 0 Å². The molecule has 0 fully saturated rings. The van der Waals surface area contributed by atoms with Gasteiger partial charge in [-0.15, -0.1) is 0 Å². The minimum Gasteiger partial charge on any atom is -0.462 e. The molecule has 0 aromatic rings. The molecule has 0 saturated heterocycles. The van der Waals surface area contributed by atoms with Gasteiger partial charge in [0.15, 0.2) is 6.10 Å². The van der Waals surface area contributed by atoms with Crippen LogP contribution in [0.4, 0.5) is 0 Å². The molecule has 0 rings (SSSR count). The average molecular weight is 400 g/mol. The Morgan fingerprint density at radius 2 is 1.69 bits per heavy atom. The van der Waals surface area contributed by atoms with Gasteiger partial charge in [-0.2, -0.15) is 0 Å². The van der Waals surface area contributed by atoms with Crippen molar-refractivity contribution >= 4 is 19.8 Å².